The summed E-state index contributed by atoms with van der Waals surface area (Å²) in [7, 11) is 0. The van der Waals surface area contributed by atoms with Gasteiger partial charge >= 0.3 is 0 Å². The summed E-state index contributed by atoms with van der Waals surface area (Å²) in [5.41, 5.74) is 15.8. The van der Waals surface area contributed by atoms with Crippen LogP contribution in [0.3, 0.4) is 0 Å². The van der Waals surface area contributed by atoms with Crippen molar-refractivity contribution in [2.24, 2.45) is 0 Å². The van der Waals surface area contributed by atoms with Gasteiger partial charge in [-0.15, -0.1) is 0 Å². The van der Waals surface area contributed by atoms with Crippen molar-refractivity contribution < 1.29 is 4.74 Å². The molecule has 50 heavy (non-hydrogen) atoms. The fraction of sp³-hybridized carbons (Fsp3) is 0.0612. The van der Waals surface area contributed by atoms with Crippen LogP contribution in [0.25, 0.3) is 44.2 Å². The molecule has 2 atom stereocenters. The highest BCUT2D eigenvalue weighted by molar-refractivity contribution is 6.07. The summed E-state index contributed by atoms with van der Waals surface area (Å²) in [5, 5.41) is 2.63. The fourth-order valence-corrected chi connectivity index (χ4v) is 9.62. The third-order valence-electron chi connectivity index (χ3n) is 11.8. The molecular formula is C49H32O. The van der Waals surface area contributed by atoms with Gasteiger partial charge in [0.25, 0.3) is 0 Å². The van der Waals surface area contributed by atoms with E-state index in [4.69, 9.17) is 4.74 Å². The summed E-state index contributed by atoms with van der Waals surface area (Å²) in [4.78, 5) is 0. The Balaban J connectivity index is 1.16. The molecule has 0 fully saturated rings. The largest absolute Gasteiger partial charge is 0.457 e. The average Bonchev–Trinajstić information content (AvgIpc) is 3.47. The van der Waals surface area contributed by atoms with Gasteiger partial charge in [-0.1, -0.05) is 158 Å². The maximum atomic E-state index is 6.73. The lowest BCUT2D eigenvalue weighted by molar-refractivity contribution is 0.427. The first-order chi connectivity index (χ1) is 24.7. The molecule has 11 rings (SSSR count). The van der Waals surface area contributed by atoms with E-state index in [1.165, 1.54) is 77.5 Å². The fourth-order valence-electron chi connectivity index (χ4n) is 9.62. The quantitative estimate of drug-likeness (QED) is 0.183. The standard InChI is InChI=1S/C49H32O/c1-48(34-15-3-2-4-16-34)41-22-9-10-24-45(41)50-46-30-33(26-28-42(46)48)32-25-27-37-35-17-5-7-20-39(35)49(44(37)29-32)40-21-8-6-18-36(40)38-19-11-13-31-14-12-23-43(49)47(31)38/h2-30H,1H3. The van der Waals surface area contributed by atoms with Crippen molar-refractivity contribution in [1.29, 1.82) is 0 Å². The number of hydrogen-bond donors (Lipinski definition) is 0. The second-order valence-corrected chi connectivity index (χ2v) is 14.1. The van der Waals surface area contributed by atoms with Crippen molar-refractivity contribution in [3.05, 3.63) is 215 Å². The first kappa shape index (κ1) is 27.7. The van der Waals surface area contributed by atoms with Crippen LogP contribution in [0.15, 0.2) is 176 Å². The molecule has 234 valence electrons. The lowest BCUT2D eigenvalue weighted by Gasteiger charge is -2.40. The van der Waals surface area contributed by atoms with Crippen molar-refractivity contribution in [2.75, 3.05) is 0 Å². The summed E-state index contributed by atoms with van der Waals surface area (Å²) in [6.07, 6.45) is 0. The molecule has 1 heterocycles. The monoisotopic (exact) mass is 636 g/mol. The molecule has 0 saturated carbocycles. The van der Waals surface area contributed by atoms with Crippen LogP contribution in [0.4, 0.5) is 0 Å². The molecule has 2 aliphatic carbocycles. The van der Waals surface area contributed by atoms with Gasteiger partial charge in [-0.25, -0.2) is 0 Å². The van der Waals surface area contributed by atoms with Crippen LogP contribution in [0.5, 0.6) is 11.5 Å². The maximum Gasteiger partial charge on any atom is 0.132 e. The van der Waals surface area contributed by atoms with E-state index >= 15 is 0 Å². The lowest BCUT2D eigenvalue weighted by atomic mass is 9.61. The number of hydrogen-bond acceptors (Lipinski definition) is 1. The predicted octanol–water partition coefficient (Wildman–Crippen LogP) is 12.3. The molecule has 2 unspecified atom stereocenters. The second-order valence-electron chi connectivity index (χ2n) is 14.1. The Morgan fingerprint density at radius 3 is 1.74 bits per heavy atom. The molecule has 3 aliphatic rings. The minimum Gasteiger partial charge on any atom is -0.457 e. The van der Waals surface area contributed by atoms with Crippen LogP contribution >= 0.6 is 0 Å². The SMILES string of the molecule is CC1(c2ccccc2)c2ccccc2Oc2cc(-c3ccc4c(c3)C3(c5ccccc5-4)c4ccccc4-c4cccc5cccc3c45)ccc21. The van der Waals surface area contributed by atoms with Gasteiger partial charge in [0.2, 0.25) is 0 Å². The van der Waals surface area contributed by atoms with Gasteiger partial charge < -0.3 is 4.74 Å². The highest BCUT2D eigenvalue weighted by Crippen LogP contribution is 2.62. The van der Waals surface area contributed by atoms with E-state index in [-0.39, 0.29) is 5.41 Å². The Morgan fingerprint density at radius 1 is 0.380 bits per heavy atom. The highest BCUT2D eigenvalue weighted by atomic mass is 16.5. The normalized spacial score (nSPS) is 18.8. The van der Waals surface area contributed by atoms with Crippen LogP contribution in [-0.2, 0) is 10.8 Å². The third-order valence-corrected chi connectivity index (χ3v) is 11.8. The predicted molar refractivity (Wildman–Crippen MR) is 204 cm³/mol. The summed E-state index contributed by atoms with van der Waals surface area (Å²) in [6, 6.07) is 65.0. The number of rotatable bonds is 2. The molecule has 0 bridgehead atoms. The maximum absolute atomic E-state index is 6.73. The molecule has 1 spiro atoms. The zero-order valence-corrected chi connectivity index (χ0v) is 27.7. The summed E-state index contributed by atoms with van der Waals surface area (Å²) < 4.78 is 6.73. The summed E-state index contributed by atoms with van der Waals surface area (Å²) in [6.45, 7) is 2.33. The van der Waals surface area contributed by atoms with Crippen molar-refractivity contribution >= 4 is 10.8 Å². The smallest absolute Gasteiger partial charge is 0.132 e. The van der Waals surface area contributed by atoms with E-state index in [0.29, 0.717) is 0 Å². The molecule has 1 aliphatic heterocycles. The van der Waals surface area contributed by atoms with Crippen molar-refractivity contribution in [3.8, 4) is 44.9 Å². The average molecular weight is 637 g/mol. The van der Waals surface area contributed by atoms with Crippen molar-refractivity contribution in [2.45, 2.75) is 17.8 Å². The Kier molecular flexibility index (Phi) is 5.51. The summed E-state index contributed by atoms with van der Waals surface area (Å²) in [5.74, 6) is 1.82. The molecule has 1 heteroatoms. The van der Waals surface area contributed by atoms with Gasteiger partial charge in [-0.3, -0.25) is 0 Å². The Morgan fingerprint density at radius 2 is 0.940 bits per heavy atom. The third kappa shape index (κ3) is 3.42. The molecule has 0 N–H and O–H groups in total. The zero-order valence-electron chi connectivity index (χ0n) is 27.7. The van der Waals surface area contributed by atoms with E-state index < -0.39 is 5.41 Å². The Hall–Kier alpha value is -6.18. The van der Waals surface area contributed by atoms with Crippen LogP contribution in [-0.4, -0.2) is 0 Å². The minimum atomic E-state index is -0.443. The van der Waals surface area contributed by atoms with Crippen LogP contribution < -0.4 is 4.74 Å². The molecule has 0 saturated heterocycles. The number of ether oxygens (including phenoxy) is 1. The van der Waals surface area contributed by atoms with E-state index in [0.717, 1.165) is 17.1 Å². The van der Waals surface area contributed by atoms with Gasteiger partial charge in [-0.05, 0) is 97.1 Å². The molecular weight excluding hydrogens is 605 g/mol. The van der Waals surface area contributed by atoms with Gasteiger partial charge in [0.15, 0.2) is 0 Å². The second kappa shape index (κ2) is 9.94. The minimum absolute atomic E-state index is 0.342. The van der Waals surface area contributed by atoms with E-state index in [1.54, 1.807) is 0 Å². The van der Waals surface area contributed by atoms with E-state index in [1.807, 2.05) is 0 Å². The molecule has 0 amide bonds. The Bertz CT molecular complexity index is 2700. The molecule has 8 aromatic rings. The van der Waals surface area contributed by atoms with Gasteiger partial charge in [0, 0.05) is 16.5 Å². The van der Waals surface area contributed by atoms with Crippen molar-refractivity contribution in [3.63, 3.8) is 0 Å². The number of fused-ring (bicyclic) bond motifs is 11. The first-order valence-electron chi connectivity index (χ1n) is 17.5. The first-order valence-corrected chi connectivity index (χ1v) is 17.5. The molecule has 1 nitrogen and oxygen atoms in total. The van der Waals surface area contributed by atoms with Crippen LogP contribution in [0, 0.1) is 0 Å². The van der Waals surface area contributed by atoms with Crippen molar-refractivity contribution in [1.82, 2.24) is 0 Å². The molecule has 0 radical (unpaired) electrons. The lowest BCUT2D eigenvalue weighted by Crippen LogP contribution is -2.31. The van der Waals surface area contributed by atoms with Gasteiger partial charge in [-0.2, -0.15) is 0 Å². The highest BCUT2D eigenvalue weighted by Gasteiger charge is 2.50. The summed E-state index contributed by atoms with van der Waals surface area (Å²) >= 11 is 0. The molecule has 8 aromatic carbocycles. The topological polar surface area (TPSA) is 9.23 Å². The molecule has 0 aromatic heterocycles. The Labute approximate surface area is 292 Å². The van der Waals surface area contributed by atoms with Crippen LogP contribution in [0.1, 0.15) is 45.9 Å². The van der Waals surface area contributed by atoms with Crippen LogP contribution in [0.2, 0.25) is 0 Å². The number of benzene rings is 8. The van der Waals surface area contributed by atoms with Gasteiger partial charge in [0.1, 0.15) is 11.5 Å². The number of para-hydroxylation sites is 1. The van der Waals surface area contributed by atoms with E-state index in [9.17, 15) is 0 Å². The van der Waals surface area contributed by atoms with Gasteiger partial charge in [0.05, 0.1) is 5.41 Å². The zero-order chi connectivity index (χ0) is 33.0. The van der Waals surface area contributed by atoms with E-state index in [2.05, 4.69) is 183 Å².